The zero-order valence-corrected chi connectivity index (χ0v) is 19.9. The van der Waals surface area contributed by atoms with Gasteiger partial charge in [-0.2, -0.15) is 0 Å². The number of carbonyl (C=O) groups excluding carboxylic acids is 1. The first-order chi connectivity index (χ1) is 14.7. The Kier molecular flexibility index (Phi) is 20.4. The Labute approximate surface area is 186 Å². The molecule has 0 fully saturated rings. The molecule has 1 unspecified atom stereocenters. The summed E-state index contributed by atoms with van der Waals surface area (Å²) in [5.74, 6) is 0.257. The van der Waals surface area contributed by atoms with Gasteiger partial charge in [-0.1, -0.05) is 101 Å². The van der Waals surface area contributed by atoms with Crippen molar-refractivity contribution >= 4 is 16.8 Å². The standard InChI is InChI=1S/C26H40O3S/c1-4-7-8-9-10-11-12-13-16-19-22-25(30(28)6-3)23-20-17-14-15-18-21-24-26(27)29-5-2/h14-24H,4-13H2,1-3H3. The Morgan fingerprint density at radius 3 is 2.00 bits per heavy atom. The van der Waals surface area contributed by atoms with E-state index in [0.717, 1.165) is 11.3 Å². The van der Waals surface area contributed by atoms with Crippen LogP contribution in [0.4, 0.5) is 0 Å². The largest absolute Gasteiger partial charge is 0.463 e. The molecule has 0 amide bonds. The van der Waals surface area contributed by atoms with Crippen LogP contribution in [0.2, 0.25) is 0 Å². The van der Waals surface area contributed by atoms with Gasteiger partial charge in [0.15, 0.2) is 0 Å². The molecule has 0 bridgehead atoms. The van der Waals surface area contributed by atoms with Crippen LogP contribution >= 0.6 is 0 Å². The molecule has 0 aliphatic heterocycles. The maximum Gasteiger partial charge on any atom is 0.330 e. The molecule has 0 heterocycles. The minimum Gasteiger partial charge on any atom is -0.463 e. The minimum absolute atomic E-state index is 0.345. The lowest BCUT2D eigenvalue weighted by molar-refractivity contribution is -0.137. The molecule has 0 spiro atoms. The van der Waals surface area contributed by atoms with E-state index in [-0.39, 0.29) is 5.97 Å². The van der Waals surface area contributed by atoms with E-state index in [0.29, 0.717) is 12.4 Å². The first-order valence-corrected chi connectivity index (χ1v) is 12.6. The van der Waals surface area contributed by atoms with Crippen molar-refractivity contribution in [1.29, 1.82) is 0 Å². The summed E-state index contributed by atoms with van der Waals surface area (Å²) in [5, 5.41) is 0. The fourth-order valence-electron chi connectivity index (χ4n) is 2.58. The number of unbranched alkanes of at least 4 members (excludes halogenated alkanes) is 7. The van der Waals surface area contributed by atoms with Crippen LogP contribution in [0.1, 0.15) is 72.1 Å². The van der Waals surface area contributed by atoms with Crippen molar-refractivity contribution in [3.8, 4) is 0 Å². The molecule has 0 saturated carbocycles. The van der Waals surface area contributed by atoms with Crippen LogP contribution in [0.3, 0.4) is 0 Å². The molecular formula is C26H40O3S. The van der Waals surface area contributed by atoms with Crippen LogP contribution in [-0.2, 0) is 20.3 Å². The van der Waals surface area contributed by atoms with Crippen molar-refractivity contribution in [2.75, 3.05) is 12.4 Å². The fourth-order valence-corrected chi connectivity index (χ4v) is 3.38. The minimum atomic E-state index is -0.987. The highest BCUT2D eigenvalue weighted by Crippen LogP contribution is 2.09. The van der Waals surface area contributed by atoms with E-state index in [1.807, 2.05) is 49.5 Å². The molecule has 1 atom stereocenters. The van der Waals surface area contributed by atoms with Gasteiger partial charge in [-0.05, 0) is 31.9 Å². The predicted octanol–water partition coefficient (Wildman–Crippen LogP) is 7.12. The molecule has 0 rings (SSSR count). The van der Waals surface area contributed by atoms with Gasteiger partial charge in [-0.3, -0.25) is 4.21 Å². The van der Waals surface area contributed by atoms with Crippen molar-refractivity contribution in [2.24, 2.45) is 0 Å². The summed E-state index contributed by atoms with van der Waals surface area (Å²) in [6, 6.07) is 0. The van der Waals surface area contributed by atoms with E-state index in [4.69, 9.17) is 4.74 Å². The van der Waals surface area contributed by atoms with E-state index >= 15 is 0 Å². The Hall–Kier alpha value is -1.94. The first kappa shape index (κ1) is 28.1. The summed E-state index contributed by atoms with van der Waals surface area (Å²) < 4.78 is 17.0. The summed E-state index contributed by atoms with van der Waals surface area (Å²) in [6.07, 6.45) is 30.5. The van der Waals surface area contributed by atoms with Crippen LogP contribution in [0.5, 0.6) is 0 Å². The van der Waals surface area contributed by atoms with Crippen LogP contribution in [-0.4, -0.2) is 22.5 Å². The Balaban J connectivity index is 4.37. The summed E-state index contributed by atoms with van der Waals surface area (Å²) >= 11 is 0. The molecule has 0 saturated heterocycles. The topological polar surface area (TPSA) is 43.4 Å². The molecule has 168 valence electrons. The van der Waals surface area contributed by atoms with Crippen molar-refractivity contribution in [2.45, 2.75) is 72.1 Å². The molecule has 30 heavy (non-hydrogen) atoms. The average molecular weight is 433 g/mol. The van der Waals surface area contributed by atoms with E-state index < -0.39 is 10.8 Å². The molecule has 0 aromatic rings. The first-order valence-electron chi connectivity index (χ1n) is 11.3. The molecule has 4 heteroatoms. The molecule has 0 aliphatic carbocycles. The van der Waals surface area contributed by atoms with Crippen LogP contribution in [0.25, 0.3) is 0 Å². The average Bonchev–Trinajstić information content (AvgIpc) is 2.74. The highest BCUT2D eigenvalue weighted by Gasteiger charge is 1.99. The molecule has 0 radical (unpaired) electrons. The summed E-state index contributed by atoms with van der Waals surface area (Å²) in [4.78, 5) is 12.0. The number of hydrogen-bond donors (Lipinski definition) is 0. The number of ether oxygens (including phenoxy) is 1. The van der Waals surface area contributed by atoms with Gasteiger partial charge in [-0.15, -0.1) is 0 Å². The number of rotatable bonds is 17. The van der Waals surface area contributed by atoms with Gasteiger partial charge < -0.3 is 4.74 Å². The number of carbonyl (C=O) groups is 1. The van der Waals surface area contributed by atoms with Gasteiger partial charge in [0.25, 0.3) is 0 Å². The third-order valence-electron chi connectivity index (χ3n) is 4.23. The quantitative estimate of drug-likeness (QED) is 0.106. The third kappa shape index (κ3) is 18.1. The fraction of sp³-hybridized carbons (Fsp3) is 0.500. The molecule has 0 aliphatic rings. The van der Waals surface area contributed by atoms with E-state index in [1.165, 1.54) is 51.0 Å². The van der Waals surface area contributed by atoms with Gasteiger partial charge in [0.05, 0.1) is 17.4 Å². The smallest absolute Gasteiger partial charge is 0.330 e. The summed E-state index contributed by atoms with van der Waals surface area (Å²) in [6.45, 7) is 6.32. The number of hydrogen-bond acceptors (Lipinski definition) is 3. The predicted molar refractivity (Wildman–Crippen MR) is 132 cm³/mol. The molecule has 0 N–H and O–H groups in total. The van der Waals surface area contributed by atoms with Crippen molar-refractivity contribution in [3.63, 3.8) is 0 Å². The SMILES string of the molecule is CCCCCCCCCC=CC=C(C=CC=CC=CC=CC(=O)OCC)S(=O)CC. The van der Waals surface area contributed by atoms with Crippen LogP contribution < -0.4 is 0 Å². The van der Waals surface area contributed by atoms with Gasteiger partial charge in [-0.25, -0.2) is 4.79 Å². The van der Waals surface area contributed by atoms with Crippen LogP contribution in [0.15, 0.2) is 71.7 Å². The summed E-state index contributed by atoms with van der Waals surface area (Å²) in [7, 11) is -0.987. The Morgan fingerprint density at radius 1 is 0.767 bits per heavy atom. The van der Waals surface area contributed by atoms with Crippen molar-refractivity contribution < 1.29 is 13.7 Å². The summed E-state index contributed by atoms with van der Waals surface area (Å²) in [5.41, 5.74) is 0. The van der Waals surface area contributed by atoms with E-state index in [1.54, 1.807) is 19.1 Å². The zero-order chi connectivity index (χ0) is 22.3. The Morgan fingerprint density at radius 2 is 1.37 bits per heavy atom. The highest BCUT2D eigenvalue weighted by molar-refractivity contribution is 7.89. The van der Waals surface area contributed by atoms with Crippen LogP contribution in [0, 0.1) is 0 Å². The lowest BCUT2D eigenvalue weighted by Crippen LogP contribution is -1.98. The Bertz CT molecular complexity index is 637. The van der Waals surface area contributed by atoms with Crippen molar-refractivity contribution in [1.82, 2.24) is 0 Å². The molecule has 3 nitrogen and oxygen atoms in total. The normalized spacial score (nSPS) is 14.2. The number of allylic oxidation sites excluding steroid dienone is 10. The lowest BCUT2D eigenvalue weighted by Gasteiger charge is -1.99. The second-order valence-electron chi connectivity index (χ2n) is 6.78. The zero-order valence-electron chi connectivity index (χ0n) is 19.1. The monoisotopic (exact) mass is 432 g/mol. The van der Waals surface area contributed by atoms with Gasteiger partial charge in [0.1, 0.15) is 0 Å². The lowest BCUT2D eigenvalue weighted by atomic mass is 10.1. The highest BCUT2D eigenvalue weighted by atomic mass is 32.2. The maximum atomic E-state index is 12.2. The van der Waals surface area contributed by atoms with Gasteiger partial charge in [0, 0.05) is 16.7 Å². The molecular weight excluding hydrogens is 392 g/mol. The third-order valence-corrected chi connectivity index (χ3v) is 5.55. The number of esters is 1. The second kappa shape index (κ2) is 21.8. The second-order valence-corrected chi connectivity index (χ2v) is 8.52. The van der Waals surface area contributed by atoms with E-state index in [9.17, 15) is 9.00 Å². The van der Waals surface area contributed by atoms with Crippen molar-refractivity contribution in [3.05, 3.63) is 71.7 Å². The van der Waals surface area contributed by atoms with Gasteiger partial charge >= 0.3 is 5.97 Å². The van der Waals surface area contributed by atoms with E-state index in [2.05, 4.69) is 13.0 Å². The van der Waals surface area contributed by atoms with Gasteiger partial charge in [0.2, 0.25) is 0 Å². The molecule has 0 aromatic heterocycles. The maximum absolute atomic E-state index is 12.2. The molecule has 0 aromatic carbocycles.